The summed E-state index contributed by atoms with van der Waals surface area (Å²) in [5.41, 5.74) is 2.76. The first kappa shape index (κ1) is 18.4. The second kappa shape index (κ2) is 7.49. The van der Waals surface area contributed by atoms with E-state index in [2.05, 4.69) is 20.7 Å². The summed E-state index contributed by atoms with van der Waals surface area (Å²) in [6.45, 7) is 7.42. The summed E-state index contributed by atoms with van der Waals surface area (Å²) in [6.07, 6.45) is 1.15. The Hall–Kier alpha value is -3.35. The first-order valence-corrected chi connectivity index (χ1v) is 8.64. The minimum absolute atomic E-state index is 0.465. The van der Waals surface area contributed by atoms with E-state index in [0.717, 1.165) is 16.9 Å². The van der Waals surface area contributed by atoms with E-state index < -0.39 is 11.7 Å². The van der Waals surface area contributed by atoms with E-state index in [1.807, 2.05) is 70.2 Å². The summed E-state index contributed by atoms with van der Waals surface area (Å²) in [7, 11) is 0. The van der Waals surface area contributed by atoms with Gasteiger partial charge in [-0.2, -0.15) is 4.98 Å². The molecule has 0 atom stereocenters. The third-order valence-corrected chi connectivity index (χ3v) is 3.49. The number of aromatic nitrogens is 3. The van der Waals surface area contributed by atoms with Gasteiger partial charge in [-0.3, -0.25) is 5.32 Å². The van der Waals surface area contributed by atoms with Crippen LogP contribution >= 0.6 is 0 Å². The molecule has 0 bridgehead atoms. The lowest BCUT2D eigenvalue weighted by molar-refractivity contribution is 0.0636. The first-order chi connectivity index (χ1) is 12.8. The minimum atomic E-state index is -0.552. The van der Waals surface area contributed by atoms with Crippen LogP contribution in [0.3, 0.4) is 0 Å². The zero-order valence-corrected chi connectivity index (χ0v) is 15.9. The number of anilines is 3. The molecule has 1 amide bonds. The molecule has 0 unspecified atom stereocenters. The Morgan fingerprint density at radius 2 is 1.78 bits per heavy atom. The van der Waals surface area contributed by atoms with Crippen molar-refractivity contribution in [3.63, 3.8) is 0 Å². The Balaban J connectivity index is 1.73. The van der Waals surface area contributed by atoms with Crippen molar-refractivity contribution in [3.05, 3.63) is 60.4 Å². The van der Waals surface area contributed by atoms with E-state index in [0.29, 0.717) is 11.6 Å². The summed E-state index contributed by atoms with van der Waals surface area (Å²) < 4.78 is 6.99. The highest BCUT2D eigenvalue weighted by atomic mass is 16.6. The van der Waals surface area contributed by atoms with Crippen molar-refractivity contribution in [2.24, 2.45) is 0 Å². The topological polar surface area (TPSA) is 81.1 Å². The van der Waals surface area contributed by atoms with Gasteiger partial charge in [0.05, 0.1) is 5.69 Å². The number of para-hydroxylation sites is 1. The molecule has 7 heteroatoms. The Morgan fingerprint density at radius 1 is 1.07 bits per heavy atom. The smallest absolute Gasteiger partial charge is 0.412 e. The largest absolute Gasteiger partial charge is 0.444 e. The van der Waals surface area contributed by atoms with E-state index in [4.69, 9.17) is 4.74 Å². The maximum absolute atomic E-state index is 12.0. The molecular formula is C20H23N5O2. The number of nitrogens with zero attached hydrogens (tertiary/aromatic N) is 3. The van der Waals surface area contributed by atoms with E-state index in [-0.39, 0.29) is 0 Å². The fourth-order valence-corrected chi connectivity index (χ4v) is 2.50. The number of aryl methyl sites for hydroxylation is 1. The van der Waals surface area contributed by atoms with Crippen LogP contribution in [0.1, 0.15) is 26.3 Å². The van der Waals surface area contributed by atoms with Gasteiger partial charge >= 0.3 is 6.09 Å². The fourth-order valence-electron chi connectivity index (χ4n) is 2.50. The number of amides is 1. The standard InChI is InChI=1S/C20H23N5O2/c1-14-10-15(12-16(11-14)23-19(26)27-20(2,3)4)22-18-21-13-25(24-18)17-8-6-5-7-9-17/h5-13H,1-4H3,(H,22,24)(H,23,26). The first-order valence-electron chi connectivity index (χ1n) is 8.64. The van der Waals surface area contributed by atoms with Crippen molar-refractivity contribution >= 4 is 23.4 Å². The highest BCUT2D eigenvalue weighted by Crippen LogP contribution is 2.22. The maximum atomic E-state index is 12.0. The molecule has 7 nitrogen and oxygen atoms in total. The van der Waals surface area contributed by atoms with Crippen LogP contribution in [0.25, 0.3) is 5.69 Å². The normalized spacial score (nSPS) is 11.1. The lowest BCUT2D eigenvalue weighted by atomic mass is 10.2. The lowest BCUT2D eigenvalue weighted by Gasteiger charge is -2.20. The molecule has 0 spiro atoms. The number of carbonyl (C=O) groups excluding carboxylic acids is 1. The molecular weight excluding hydrogens is 342 g/mol. The summed E-state index contributed by atoms with van der Waals surface area (Å²) in [5, 5.41) is 10.3. The van der Waals surface area contributed by atoms with Crippen molar-refractivity contribution < 1.29 is 9.53 Å². The number of carbonyl (C=O) groups is 1. The molecule has 2 N–H and O–H groups in total. The van der Waals surface area contributed by atoms with Crippen LogP contribution in [0.2, 0.25) is 0 Å². The van der Waals surface area contributed by atoms with Crippen LogP contribution in [-0.4, -0.2) is 26.5 Å². The van der Waals surface area contributed by atoms with Gasteiger partial charge in [0.1, 0.15) is 11.9 Å². The minimum Gasteiger partial charge on any atom is -0.444 e. The van der Waals surface area contributed by atoms with Crippen molar-refractivity contribution in [2.75, 3.05) is 10.6 Å². The average molecular weight is 365 g/mol. The molecule has 27 heavy (non-hydrogen) atoms. The monoisotopic (exact) mass is 365 g/mol. The Kier molecular flexibility index (Phi) is 5.12. The molecule has 0 fully saturated rings. The van der Waals surface area contributed by atoms with Gasteiger partial charge in [0.15, 0.2) is 0 Å². The predicted molar refractivity (Wildman–Crippen MR) is 106 cm³/mol. The molecule has 0 aliphatic heterocycles. The highest BCUT2D eigenvalue weighted by molar-refractivity contribution is 5.86. The van der Waals surface area contributed by atoms with Crippen LogP contribution in [0.15, 0.2) is 54.9 Å². The molecule has 2 aromatic carbocycles. The van der Waals surface area contributed by atoms with E-state index >= 15 is 0 Å². The highest BCUT2D eigenvalue weighted by Gasteiger charge is 2.16. The lowest BCUT2D eigenvalue weighted by Crippen LogP contribution is -2.27. The molecule has 3 aromatic rings. The zero-order valence-electron chi connectivity index (χ0n) is 15.9. The summed E-state index contributed by atoms with van der Waals surface area (Å²) in [5.74, 6) is 0.465. The molecule has 0 radical (unpaired) electrons. The molecule has 3 rings (SSSR count). The Labute approximate surface area is 158 Å². The van der Waals surface area contributed by atoms with Crippen LogP contribution in [0.5, 0.6) is 0 Å². The van der Waals surface area contributed by atoms with Crippen molar-refractivity contribution in [1.29, 1.82) is 0 Å². The molecule has 0 aliphatic rings. The average Bonchev–Trinajstić information content (AvgIpc) is 3.01. The van der Waals surface area contributed by atoms with Gasteiger partial charge in [0.25, 0.3) is 0 Å². The third kappa shape index (κ3) is 5.31. The number of hydrogen-bond donors (Lipinski definition) is 2. The number of ether oxygens (including phenoxy) is 1. The van der Waals surface area contributed by atoms with E-state index in [1.54, 1.807) is 17.1 Å². The summed E-state index contributed by atoms with van der Waals surface area (Å²) in [4.78, 5) is 16.3. The fraction of sp³-hybridized carbons (Fsp3) is 0.250. The zero-order chi connectivity index (χ0) is 19.4. The van der Waals surface area contributed by atoms with Crippen LogP contribution in [0, 0.1) is 6.92 Å². The van der Waals surface area contributed by atoms with Gasteiger partial charge in [-0.1, -0.05) is 18.2 Å². The van der Waals surface area contributed by atoms with E-state index in [1.165, 1.54) is 0 Å². The number of rotatable bonds is 4. The van der Waals surface area contributed by atoms with Crippen molar-refractivity contribution in [3.8, 4) is 5.69 Å². The second-order valence-electron chi connectivity index (χ2n) is 7.19. The van der Waals surface area contributed by atoms with Gasteiger partial charge < -0.3 is 10.1 Å². The molecule has 1 heterocycles. The molecule has 0 aliphatic carbocycles. The van der Waals surface area contributed by atoms with Crippen LogP contribution in [-0.2, 0) is 4.74 Å². The molecule has 1 aromatic heterocycles. The van der Waals surface area contributed by atoms with Crippen LogP contribution < -0.4 is 10.6 Å². The van der Waals surface area contributed by atoms with Gasteiger partial charge in [-0.15, -0.1) is 5.10 Å². The van der Waals surface area contributed by atoms with Gasteiger partial charge in [-0.05, 0) is 63.6 Å². The van der Waals surface area contributed by atoms with Gasteiger partial charge in [-0.25, -0.2) is 9.48 Å². The second-order valence-corrected chi connectivity index (χ2v) is 7.19. The van der Waals surface area contributed by atoms with Crippen molar-refractivity contribution in [2.45, 2.75) is 33.3 Å². The van der Waals surface area contributed by atoms with Crippen LogP contribution in [0.4, 0.5) is 22.1 Å². The quantitative estimate of drug-likeness (QED) is 0.702. The Bertz CT molecular complexity index is 929. The predicted octanol–water partition coefficient (Wildman–Crippen LogP) is 4.67. The van der Waals surface area contributed by atoms with E-state index in [9.17, 15) is 4.79 Å². The number of hydrogen-bond acceptors (Lipinski definition) is 5. The number of nitrogens with one attached hydrogen (secondary N) is 2. The molecule has 0 saturated heterocycles. The maximum Gasteiger partial charge on any atom is 0.412 e. The molecule has 0 saturated carbocycles. The number of benzene rings is 2. The Morgan fingerprint density at radius 3 is 2.48 bits per heavy atom. The molecule has 140 valence electrons. The SMILES string of the molecule is Cc1cc(NC(=O)OC(C)(C)C)cc(Nc2ncn(-c3ccccc3)n2)c1. The summed E-state index contributed by atoms with van der Waals surface area (Å²) in [6, 6.07) is 15.4. The van der Waals surface area contributed by atoms with Gasteiger partial charge in [0.2, 0.25) is 5.95 Å². The van der Waals surface area contributed by atoms with Crippen molar-refractivity contribution in [1.82, 2.24) is 14.8 Å². The third-order valence-electron chi connectivity index (χ3n) is 3.49. The van der Waals surface area contributed by atoms with Gasteiger partial charge in [0, 0.05) is 11.4 Å². The summed E-state index contributed by atoms with van der Waals surface area (Å²) >= 11 is 0.